The van der Waals surface area contributed by atoms with E-state index in [0.717, 1.165) is 15.7 Å². The van der Waals surface area contributed by atoms with Gasteiger partial charge >= 0.3 is 0 Å². The lowest BCUT2D eigenvalue weighted by molar-refractivity contribution is 0.397. The molecule has 6 heteroatoms. The highest BCUT2D eigenvalue weighted by Gasteiger charge is 2.12. The van der Waals surface area contributed by atoms with Crippen LogP contribution in [0.5, 0.6) is 5.88 Å². The number of hydrogen-bond donors (Lipinski definition) is 1. The van der Waals surface area contributed by atoms with Crippen molar-refractivity contribution in [3.05, 3.63) is 32.2 Å². The van der Waals surface area contributed by atoms with Crippen LogP contribution in [0.15, 0.2) is 18.2 Å². The first-order chi connectivity index (χ1) is 9.51. The molecule has 0 saturated carbocycles. The van der Waals surface area contributed by atoms with Crippen molar-refractivity contribution in [2.45, 2.75) is 13.5 Å². The number of nitrogens with zero attached hydrogens (tertiary/aromatic N) is 2. The number of halogens is 1. The van der Waals surface area contributed by atoms with E-state index in [4.69, 9.17) is 4.74 Å². The Kier molecular flexibility index (Phi) is 5.09. The fourth-order valence-electron chi connectivity index (χ4n) is 1.67. The van der Waals surface area contributed by atoms with Gasteiger partial charge in [-0.25, -0.2) is 0 Å². The van der Waals surface area contributed by atoms with Gasteiger partial charge < -0.3 is 15.0 Å². The Hall–Kier alpha value is -1.02. The highest BCUT2D eigenvalue weighted by atomic mass is 127. The predicted molar refractivity (Wildman–Crippen MR) is 94.2 cm³/mol. The van der Waals surface area contributed by atoms with E-state index in [1.807, 2.05) is 19.0 Å². The summed E-state index contributed by atoms with van der Waals surface area (Å²) in [6.45, 7) is 2.83. The average Bonchev–Trinajstić information content (AvgIpc) is 2.83. The molecule has 0 amide bonds. The van der Waals surface area contributed by atoms with Gasteiger partial charge in [0.2, 0.25) is 5.88 Å². The molecule has 0 aliphatic heterocycles. The molecule has 0 spiro atoms. The maximum absolute atomic E-state index is 5.34. The molecule has 0 bridgehead atoms. The van der Waals surface area contributed by atoms with Crippen molar-refractivity contribution in [3.8, 4) is 5.88 Å². The van der Waals surface area contributed by atoms with Crippen LogP contribution in [0, 0.1) is 10.5 Å². The molecule has 0 atom stereocenters. The summed E-state index contributed by atoms with van der Waals surface area (Å²) in [6, 6.07) is 6.37. The Balaban J connectivity index is 2.11. The van der Waals surface area contributed by atoms with Crippen LogP contribution in [0.25, 0.3) is 0 Å². The van der Waals surface area contributed by atoms with Gasteiger partial charge in [0.15, 0.2) is 5.13 Å². The molecule has 0 saturated heterocycles. The standard InChI is InChI=1S/C14H18IN3OS/c1-9-5-6-10(7-11(9)15)16-8-12-13(19-4)17-14(20-12)18(2)3/h5-7,16H,8H2,1-4H3. The third kappa shape index (κ3) is 3.54. The number of aromatic nitrogens is 1. The molecule has 20 heavy (non-hydrogen) atoms. The molecule has 0 aliphatic rings. The van der Waals surface area contributed by atoms with Gasteiger partial charge in [-0.3, -0.25) is 0 Å². The predicted octanol–water partition coefficient (Wildman–Crippen LogP) is 3.74. The van der Waals surface area contributed by atoms with Gasteiger partial charge in [0.05, 0.1) is 18.5 Å². The van der Waals surface area contributed by atoms with E-state index in [1.165, 1.54) is 9.13 Å². The molecule has 0 fully saturated rings. The number of hydrogen-bond acceptors (Lipinski definition) is 5. The molecular formula is C14H18IN3OS. The number of ether oxygens (including phenoxy) is 1. The maximum atomic E-state index is 5.34. The minimum absolute atomic E-state index is 0.702. The first-order valence-corrected chi connectivity index (χ1v) is 8.12. The molecule has 1 aromatic heterocycles. The Morgan fingerprint density at radius 3 is 2.75 bits per heavy atom. The zero-order valence-electron chi connectivity index (χ0n) is 12.0. The van der Waals surface area contributed by atoms with Gasteiger partial charge in [-0.1, -0.05) is 17.4 Å². The summed E-state index contributed by atoms with van der Waals surface area (Å²) in [6.07, 6.45) is 0. The second kappa shape index (κ2) is 6.62. The monoisotopic (exact) mass is 403 g/mol. The van der Waals surface area contributed by atoms with E-state index in [-0.39, 0.29) is 0 Å². The van der Waals surface area contributed by atoms with E-state index < -0.39 is 0 Å². The SMILES string of the molecule is COc1nc(N(C)C)sc1CNc1ccc(C)c(I)c1. The van der Waals surface area contributed by atoms with Crippen LogP contribution in [-0.2, 0) is 6.54 Å². The van der Waals surface area contributed by atoms with Crippen molar-refractivity contribution in [2.75, 3.05) is 31.4 Å². The normalized spacial score (nSPS) is 10.4. The zero-order chi connectivity index (χ0) is 14.7. The smallest absolute Gasteiger partial charge is 0.231 e. The van der Waals surface area contributed by atoms with Crippen molar-refractivity contribution in [1.29, 1.82) is 0 Å². The topological polar surface area (TPSA) is 37.4 Å². The quantitative estimate of drug-likeness (QED) is 0.772. The van der Waals surface area contributed by atoms with Crippen molar-refractivity contribution >= 4 is 44.7 Å². The number of rotatable bonds is 5. The van der Waals surface area contributed by atoms with Crippen LogP contribution in [-0.4, -0.2) is 26.2 Å². The van der Waals surface area contributed by atoms with Gasteiger partial charge in [0.1, 0.15) is 0 Å². The highest BCUT2D eigenvalue weighted by Crippen LogP contribution is 2.31. The third-order valence-corrected chi connectivity index (χ3v) is 5.22. The zero-order valence-corrected chi connectivity index (χ0v) is 15.0. The number of aryl methyl sites for hydroxylation is 1. The van der Waals surface area contributed by atoms with Crippen molar-refractivity contribution in [2.24, 2.45) is 0 Å². The molecule has 4 nitrogen and oxygen atoms in total. The lowest BCUT2D eigenvalue weighted by atomic mass is 10.2. The largest absolute Gasteiger partial charge is 0.480 e. The summed E-state index contributed by atoms with van der Waals surface area (Å²) in [5, 5.41) is 4.38. The molecular weight excluding hydrogens is 385 g/mol. The van der Waals surface area contributed by atoms with Crippen LogP contribution in [0.4, 0.5) is 10.8 Å². The number of thiazole rings is 1. The van der Waals surface area contributed by atoms with E-state index in [2.05, 4.69) is 58.0 Å². The van der Waals surface area contributed by atoms with E-state index in [9.17, 15) is 0 Å². The van der Waals surface area contributed by atoms with Gasteiger partial charge in [0, 0.05) is 23.4 Å². The molecule has 0 aliphatic carbocycles. The van der Waals surface area contributed by atoms with Crippen molar-refractivity contribution in [1.82, 2.24) is 4.98 Å². The number of nitrogens with one attached hydrogen (secondary N) is 1. The number of benzene rings is 1. The van der Waals surface area contributed by atoms with Gasteiger partial charge in [0.25, 0.3) is 0 Å². The fraction of sp³-hybridized carbons (Fsp3) is 0.357. The van der Waals surface area contributed by atoms with Crippen LogP contribution < -0.4 is 15.0 Å². The van der Waals surface area contributed by atoms with Crippen LogP contribution in [0.3, 0.4) is 0 Å². The van der Waals surface area contributed by atoms with E-state index in [0.29, 0.717) is 12.4 Å². The molecule has 0 radical (unpaired) electrons. The van der Waals surface area contributed by atoms with Crippen molar-refractivity contribution in [3.63, 3.8) is 0 Å². The summed E-state index contributed by atoms with van der Waals surface area (Å²) in [5.74, 6) is 0.702. The van der Waals surface area contributed by atoms with Gasteiger partial charge in [-0.05, 0) is 47.2 Å². The van der Waals surface area contributed by atoms with E-state index in [1.54, 1.807) is 18.4 Å². The summed E-state index contributed by atoms with van der Waals surface area (Å²) >= 11 is 3.99. The number of methoxy groups -OCH3 is 1. The average molecular weight is 403 g/mol. The van der Waals surface area contributed by atoms with Crippen LogP contribution in [0.2, 0.25) is 0 Å². The fourth-order valence-corrected chi connectivity index (χ4v) is 3.08. The third-order valence-electron chi connectivity index (χ3n) is 2.85. The molecule has 2 aromatic rings. The van der Waals surface area contributed by atoms with E-state index >= 15 is 0 Å². The molecule has 1 aromatic carbocycles. The molecule has 2 rings (SSSR count). The van der Waals surface area contributed by atoms with Crippen LogP contribution >= 0.6 is 33.9 Å². The second-order valence-corrected chi connectivity index (χ2v) is 6.87. The van der Waals surface area contributed by atoms with Crippen molar-refractivity contribution < 1.29 is 4.74 Å². The minimum Gasteiger partial charge on any atom is -0.480 e. The Bertz CT molecular complexity index is 598. The Labute approximate surface area is 137 Å². The maximum Gasteiger partial charge on any atom is 0.231 e. The Morgan fingerprint density at radius 1 is 1.40 bits per heavy atom. The first-order valence-electron chi connectivity index (χ1n) is 6.22. The highest BCUT2D eigenvalue weighted by molar-refractivity contribution is 14.1. The van der Waals surface area contributed by atoms with Crippen LogP contribution in [0.1, 0.15) is 10.4 Å². The minimum atomic E-state index is 0.702. The summed E-state index contributed by atoms with van der Waals surface area (Å²) < 4.78 is 6.60. The lowest BCUT2D eigenvalue weighted by Crippen LogP contribution is -2.07. The molecule has 0 unspecified atom stereocenters. The molecule has 1 heterocycles. The Morgan fingerprint density at radius 2 is 2.15 bits per heavy atom. The van der Waals surface area contributed by atoms with Gasteiger partial charge in [-0.2, -0.15) is 4.98 Å². The second-order valence-electron chi connectivity index (χ2n) is 4.64. The number of anilines is 2. The lowest BCUT2D eigenvalue weighted by Gasteiger charge is -2.07. The molecule has 108 valence electrons. The van der Waals surface area contributed by atoms with Gasteiger partial charge in [-0.15, -0.1) is 0 Å². The summed E-state index contributed by atoms with van der Waals surface area (Å²) in [7, 11) is 5.63. The molecule has 1 N–H and O–H groups in total. The summed E-state index contributed by atoms with van der Waals surface area (Å²) in [5.41, 5.74) is 2.41. The first kappa shape index (κ1) is 15.4. The summed E-state index contributed by atoms with van der Waals surface area (Å²) in [4.78, 5) is 7.55.